The van der Waals surface area contributed by atoms with E-state index in [1.54, 1.807) is 17.8 Å². The maximum absolute atomic E-state index is 5.92. The quantitative estimate of drug-likeness (QED) is 0.798. The van der Waals surface area contributed by atoms with Crippen molar-refractivity contribution in [3.63, 3.8) is 0 Å². The van der Waals surface area contributed by atoms with Crippen LogP contribution in [0.15, 0.2) is 52.3 Å². The van der Waals surface area contributed by atoms with E-state index in [2.05, 4.69) is 0 Å². The molecule has 0 spiro atoms. The number of hydrogen-bond acceptors (Lipinski definition) is 2. The number of benzene rings is 2. The van der Waals surface area contributed by atoms with Gasteiger partial charge >= 0.3 is 0 Å². The fraction of sp³-hybridized carbons (Fsp3) is 0. The largest absolute Gasteiger partial charge is 0.399 e. The fourth-order valence-corrected chi connectivity index (χ4v) is 2.83. The first-order valence-electron chi connectivity index (χ1n) is 4.63. The summed E-state index contributed by atoms with van der Waals surface area (Å²) < 4.78 is 0. The first-order valence-corrected chi connectivity index (χ1v) is 6.20. The van der Waals surface area contributed by atoms with Crippen molar-refractivity contribution >= 4 is 40.7 Å². The summed E-state index contributed by atoms with van der Waals surface area (Å²) in [5.74, 6) is 0. The molecule has 0 bridgehead atoms. The Bertz CT molecular complexity index is 477. The highest BCUT2D eigenvalue weighted by Crippen LogP contribution is 2.32. The van der Waals surface area contributed by atoms with Crippen LogP contribution in [-0.2, 0) is 0 Å². The van der Waals surface area contributed by atoms with Crippen molar-refractivity contribution in [1.29, 1.82) is 0 Å². The lowest BCUT2D eigenvalue weighted by atomic mass is 10.3. The van der Waals surface area contributed by atoms with Crippen LogP contribution in [0.25, 0.3) is 0 Å². The second-order valence-electron chi connectivity index (χ2n) is 3.28. The highest BCUT2D eigenvalue weighted by molar-refractivity contribution is 7.99. The van der Waals surface area contributed by atoms with E-state index in [9.17, 15) is 0 Å². The molecule has 1 nitrogen and oxygen atoms in total. The average molecular weight is 270 g/mol. The van der Waals surface area contributed by atoms with E-state index in [-0.39, 0.29) is 0 Å². The molecule has 0 saturated heterocycles. The predicted octanol–water partition coefficient (Wildman–Crippen LogP) is 4.73. The Kier molecular flexibility index (Phi) is 3.64. The summed E-state index contributed by atoms with van der Waals surface area (Å²) in [5.41, 5.74) is 6.37. The van der Waals surface area contributed by atoms with E-state index < -0.39 is 0 Å². The number of nitrogens with two attached hydrogens (primary N) is 1. The maximum atomic E-state index is 5.92. The van der Waals surface area contributed by atoms with Gasteiger partial charge in [-0.2, -0.15) is 0 Å². The SMILES string of the molecule is Nc1ccc(Sc2cc(Cl)cc(Cl)c2)cc1. The molecule has 2 aromatic carbocycles. The molecule has 2 N–H and O–H groups in total. The first kappa shape index (κ1) is 11.6. The molecule has 0 atom stereocenters. The highest BCUT2D eigenvalue weighted by atomic mass is 35.5. The van der Waals surface area contributed by atoms with Gasteiger partial charge < -0.3 is 5.73 Å². The van der Waals surface area contributed by atoms with Crippen LogP contribution in [0.2, 0.25) is 10.0 Å². The van der Waals surface area contributed by atoms with Gasteiger partial charge in [-0.1, -0.05) is 35.0 Å². The minimum atomic E-state index is 0.644. The van der Waals surface area contributed by atoms with Crippen molar-refractivity contribution in [1.82, 2.24) is 0 Å². The molecule has 4 heteroatoms. The molecule has 0 unspecified atom stereocenters. The molecule has 0 aromatic heterocycles. The summed E-state index contributed by atoms with van der Waals surface area (Å²) in [7, 11) is 0. The van der Waals surface area contributed by atoms with Crippen molar-refractivity contribution < 1.29 is 0 Å². The van der Waals surface area contributed by atoms with Crippen LogP contribution >= 0.6 is 35.0 Å². The molecule has 2 rings (SSSR count). The lowest BCUT2D eigenvalue weighted by Crippen LogP contribution is -1.82. The van der Waals surface area contributed by atoms with Crippen molar-refractivity contribution in [2.24, 2.45) is 0 Å². The maximum Gasteiger partial charge on any atom is 0.0432 e. The van der Waals surface area contributed by atoms with Crippen LogP contribution in [0.3, 0.4) is 0 Å². The Hall–Kier alpha value is -0.830. The molecule has 2 aromatic rings. The van der Waals surface area contributed by atoms with E-state index >= 15 is 0 Å². The standard InChI is InChI=1S/C12H9Cl2NS/c13-8-5-9(14)7-12(6-8)16-11-3-1-10(15)2-4-11/h1-7H,15H2. The van der Waals surface area contributed by atoms with Crippen LogP contribution in [0.4, 0.5) is 5.69 Å². The molecule has 0 amide bonds. The number of nitrogen functional groups attached to an aromatic ring is 1. The van der Waals surface area contributed by atoms with Crippen molar-refractivity contribution in [2.45, 2.75) is 9.79 Å². The Balaban J connectivity index is 2.23. The summed E-state index contributed by atoms with van der Waals surface area (Å²) in [4.78, 5) is 2.12. The topological polar surface area (TPSA) is 26.0 Å². The Labute approximate surface area is 109 Å². The van der Waals surface area contributed by atoms with Crippen molar-refractivity contribution in [3.8, 4) is 0 Å². The Morgan fingerprint density at radius 1 is 0.812 bits per heavy atom. The molecule has 0 aliphatic heterocycles. The second kappa shape index (κ2) is 5.00. The zero-order chi connectivity index (χ0) is 11.5. The molecule has 82 valence electrons. The van der Waals surface area contributed by atoms with Gasteiger partial charge in [-0.3, -0.25) is 0 Å². The second-order valence-corrected chi connectivity index (χ2v) is 5.30. The van der Waals surface area contributed by atoms with Gasteiger partial charge in [0, 0.05) is 25.5 Å². The van der Waals surface area contributed by atoms with Crippen LogP contribution in [-0.4, -0.2) is 0 Å². The summed E-state index contributed by atoms with van der Waals surface area (Å²) in [6, 6.07) is 13.2. The molecule has 16 heavy (non-hydrogen) atoms. The van der Waals surface area contributed by atoms with E-state index in [0.29, 0.717) is 10.0 Å². The normalized spacial score (nSPS) is 10.4. The van der Waals surface area contributed by atoms with Gasteiger partial charge in [0.25, 0.3) is 0 Å². The molecule has 0 aliphatic rings. The van der Waals surface area contributed by atoms with Gasteiger partial charge in [-0.25, -0.2) is 0 Å². The van der Waals surface area contributed by atoms with E-state index in [1.165, 1.54) is 0 Å². The molecule has 0 heterocycles. The summed E-state index contributed by atoms with van der Waals surface area (Å²) in [6.45, 7) is 0. The number of hydrogen-bond donors (Lipinski definition) is 1. The smallest absolute Gasteiger partial charge is 0.0432 e. The highest BCUT2D eigenvalue weighted by Gasteiger charge is 2.00. The lowest BCUT2D eigenvalue weighted by molar-refractivity contribution is 1.41. The van der Waals surface area contributed by atoms with Crippen molar-refractivity contribution in [2.75, 3.05) is 5.73 Å². The molecule has 0 radical (unpaired) electrons. The first-order chi connectivity index (χ1) is 7.63. The third-order valence-electron chi connectivity index (χ3n) is 1.95. The van der Waals surface area contributed by atoms with Crippen LogP contribution in [0.1, 0.15) is 0 Å². The number of halogens is 2. The average Bonchev–Trinajstić information content (AvgIpc) is 2.20. The fourth-order valence-electron chi connectivity index (χ4n) is 1.26. The lowest BCUT2D eigenvalue weighted by Gasteiger charge is -2.03. The van der Waals surface area contributed by atoms with Gasteiger partial charge in [0.2, 0.25) is 0 Å². The Morgan fingerprint density at radius 2 is 1.38 bits per heavy atom. The zero-order valence-corrected chi connectivity index (χ0v) is 10.6. The van der Waals surface area contributed by atoms with Crippen molar-refractivity contribution in [3.05, 3.63) is 52.5 Å². The van der Waals surface area contributed by atoms with Crippen LogP contribution in [0.5, 0.6) is 0 Å². The van der Waals surface area contributed by atoms with Gasteiger partial charge in [0.1, 0.15) is 0 Å². The number of rotatable bonds is 2. The van der Waals surface area contributed by atoms with Crippen LogP contribution in [0, 0.1) is 0 Å². The van der Waals surface area contributed by atoms with Crippen LogP contribution < -0.4 is 5.73 Å². The summed E-state index contributed by atoms with van der Waals surface area (Å²) in [6.07, 6.45) is 0. The van der Waals surface area contributed by atoms with Gasteiger partial charge in [0.05, 0.1) is 0 Å². The number of anilines is 1. The molecular formula is C12H9Cl2NS. The molecule has 0 fully saturated rings. The van der Waals surface area contributed by atoms with Gasteiger partial charge in [0.15, 0.2) is 0 Å². The molecular weight excluding hydrogens is 261 g/mol. The third-order valence-corrected chi connectivity index (χ3v) is 3.37. The van der Waals surface area contributed by atoms with E-state index in [0.717, 1.165) is 15.5 Å². The van der Waals surface area contributed by atoms with E-state index in [1.807, 2.05) is 36.4 Å². The minimum absolute atomic E-state index is 0.644. The zero-order valence-electron chi connectivity index (χ0n) is 8.28. The van der Waals surface area contributed by atoms with E-state index in [4.69, 9.17) is 28.9 Å². The molecule has 0 aliphatic carbocycles. The van der Waals surface area contributed by atoms with Gasteiger partial charge in [-0.15, -0.1) is 0 Å². The molecule has 0 saturated carbocycles. The monoisotopic (exact) mass is 269 g/mol. The predicted molar refractivity (Wildman–Crippen MR) is 71.4 cm³/mol. The summed E-state index contributed by atoms with van der Waals surface area (Å²) >= 11 is 13.4. The van der Waals surface area contributed by atoms with Gasteiger partial charge in [-0.05, 0) is 42.5 Å². The third kappa shape index (κ3) is 3.08. The Morgan fingerprint density at radius 3 is 1.94 bits per heavy atom. The summed E-state index contributed by atoms with van der Waals surface area (Å²) in [5, 5.41) is 1.29. The minimum Gasteiger partial charge on any atom is -0.399 e.